The molecule has 2 N–H and O–H groups in total. The highest BCUT2D eigenvalue weighted by atomic mass is 35.5. The van der Waals surface area contributed by atoms with Gasteiger partial charge in [0, 0.05) is 17.0 Å². The summed E-state index contributed by atoms with van der Waals surface area (Å²) in [6, 6.07) is 17.2. The molecule has 1 heterocycles. The van der Waals surface area contributed by atoms with E-state index in [0.29, 0.717) is 11.3 Å². The Morgan fingerprint density at radius 3 is 2.39 bits per heavy atom. The maximum Gasteiger partial charge on any atom is 0.416 e. The number of nitrogens with one attached hydrogen (secondary N) is 1. The van der Waals surface area contributed by atoms with E-state index in [1.165, 1.54) is 36.4 Å². The molecule has 0 aromatic heterocycles. The Morgan fingerprint density at radius 2 is 1.72 bits per heavy atom. The second kappa shape index (κ2) is 13.0. The van der Waals surface area contributed by atoms with E-state index in [9.17, 15) is 35.6 Å². The van der Waals surface area contributed by atoms with Crippen LogP contribution in [0.25, 0.3) is 11.1 Å². The molecule has 4 aromatic carbocycles. The summed E-state index contributed by atoms with van der Waals surface area (Å²) in [6.45, 7) is -0.255. The molecule has 0 spiro atoms. The first-order chi connectivity index (χ1) is 21.8. The average Bonchev–Trinajstić information content (AvgIpc) is 3.40. The number of carboxylic acid groups (broad SMARTS) is 1. The molecule has 5 rings (SSSR count). The maximum absolute atomic E-state index is 14.3. The number of benzene rings is 4. The van der Waals surface area contributed by atoms with Gasteiger partial charge >= 0.3 is 12.1 Å². The number of rotatable bonds is 10. The number of aliphatic carboxylic acids is 1. The van der Waals surface area contributed by atoms with Crippen molar-refractivity contribution in [3.8, 4) is 16.9 Å². The van der Waals surface area contributed by atoms with Crippen molar-refractivity contribution in [2.45, 2.75) is 30.0 Å². The molecule has 46 heavy (non-hydrogen) atoms. The van der Waals surface area contributed by atoms with Gasteiger partial charge in [-0.2, -0.15) is 13.2 Å². The minimum absolute atomic E-state index is 0.0516. The van der Waals surface area contributed by atoms with Crippen LogP contribution in [0.15, 0.2) is 89.8 Å². The van der Waals surface area contributed by atoms with Gasteiger partial charge in [0.2, 0.25) is 5.91 Å². The number of para-hydroxylation sites is 1. The molecule has 0 radical (unpaired) electrons. The molecule has 0 unspecified atom stereocenters. The van der Waals surface area contributed by atoms with Crippen molar-refractivity contribution >= 4 is 39.2 Å². The SMILES string of the molecule is O=C(O)Cc1ccc(OCCNC(=O)[C@@H]2Cc3ccccc3N2S(=O)(=O)c2ccc(-c3cc(C(F)(F)F)ccc3Cl)cc2)c(F)c1. The smallest absolute Gasteiger partial charge is 0.416 e. The summed E-state index contributed by atoms with van der Waals surface area (Å²) in [7, 11) is -4.34. The van der Waals surface area contributed by atoms with Gasteiger partial charge in [-0.3, -0.25) is 13.9 Å². The molecule has 240 valence electrons. The number of halogens is 5. The number of sulfonamides is 1. The van der Waals surface area contributed by atoms with Gasteiger partial charge in [-0.15, -0.1) is 0 Å². The number of carbonyl (C=O) groups is 2. The lowest BCUT2D eigenvalue weighted by Crippen LogP contribution is -2.48. The predicted molar refractivity (Wildman–Crippen MR) is 162 cm³/mol. The van der Waals surface area contributed by atoms with E-state index in [4.69, 9.17) is 21.4 Å². The Balaban J connectivity index is 1.32. The Morgan fingerprint density at radius 1 is 1.00 bits per heavy atom. The van der Waals surface area contributed by atoms with E-state index in [2.05, 4.69) is 5.32 Å². The quantitative estimate of drug-likeness (QED) is 0.155. The molecule has 0 saturated carbocycles. The highest BCUT2D eigenvalue weighted by Gasteiger charge is 2.42. The molecule has 0 aliphatic carbocycles. The number of alkyl halides is 3. The zero-order valence-electron chi connectivity index (χ0n) is 23.7. The molecule has 0 bridgehead atoms. The minimum atomic E-state index is -4.60. The third-order valence-electron chi connectivity index (χ3n) is 7.25. The van der Waals surface area contributed by atoms with Crippen LogP contribution in [0.4, 0.5) is 23.2 Å². The molecule has 8 nitrogen and oxygen atoms in total. The number of ether oxygens (including phenoxy) is 1. The van der Waals surface area contributed by atoms with Crippen LogP contribution >= 0.6 is 11.6 Å². The van der Waals surface area contributed by atoms with Crippen LogP contribution in [0.2, 0.25) is 5.02 Å². The third kappa shape index (κ3) is 6.95. The number of amides is 1. The van der Waals surface area contributed by atoms with E-state index in [1.54, 1.807) is 24.3 Å². The lowest BCUT2D eigenvalue weighted by atomic mass is 10.0. The molecule has 14 heteroatoms. The fourth-order valence-electron chi connectivity index (χ4n) is 5.10. The van der Waals surface area contributed by atoms with E-state index < -0.39 is 45.5 Å². The largest absolute Gasteiger partial charge is 0.489 e. The Labute approximate surface area is 266 Å². The van der Waals surface area contributed by atoms with Gasteiger partial charge in [0.15, 0.2) is 11.6 Å². The van der Waals surface area contributed by atoms with Gasteiger partial charge in [-0.05, 0) is 65.2 Å². The van der Waals surface area contributed by atoms with Gasteiger partial charge in [0.1, 0.15) is 12.6 Å². The summed E-state index contributed by atoms with van der Waals surface area (Å²) in [4.78, 5) is 23.9. The molecule has 1 aliphatic heterocycles. The van der Waals surface area contributed by atoms with Crippen molar-refractivity contribution in [3.63, 3.8) is 0 Å². The van der Waals surface area contributed by atoms with Crippen LogP contribution in [0, 0.1) is 5.82 Å². The number of hydrogen-bond acceptors (Lipinski definition) is 5. The van der Waals surface area contributed by atoms with Crippen LogP contribution in [0.3, 0.4) is 0 Å². The topological polar surface area (TPSA) is 113 Å². The van der Waals surface area contributed by atoms with Crippen molar-refractivity contribution < 1.29 is 45.4 Å². The van der Waals surface area contributed by atoms with Crippen LogP contribution < -0.4 is 14.4 Å². The van der Waals surface area contributed by atoms with Crippen molar-refractivity contribution in [2.75, 3.05) is 17.5 Å². The van der Waals surface area contributed by atoms with Gasteiger partial charge in [0.05, 0.1) is 29.1 Å². The number of carboxylic acids is 1. The Kier molecular flexibility index (Phi) is 9.27. The summed E-state index contributed by atoms with van der Waals surface area (Å²) in [5.74, 6) is -2.66. The molecule has 1 amide bonds. The van der Waals surface area contributed by atoms with E-state index >= 15 is 0 Å². The van der Waals surface area contributed by atoms with Crippen LogP contribution in [-0.2, 0) is 38.6 Å². The predicted octanol–water partition coefficient (Wildman–Crippen LogP) is 6.11. The highest BCUT2D eigenvalue weighted by Crippen LogP contribution is 2.39. The first-order valence-corrected chi connectivity index (χ1v) is 15.6. The van der Waals surface area contributed by atoms with Crippen molar-refractivity contribution in [2.24, 2.45) is 0 Å². The number of nitrogens with zero attached hydrogens (tertiary/aromatic N) is 1. The summed E-state index contributed by atoms with van der Waals surface area (Å²) in [6.07, 6.45) is -4.89. The van der Waals surface area contributed by atoms with Crippen molar-refractivity contribution in [1.29, 1.82) is 0 Å². The first kappa shape index (κ1) is 32.8. The number of fused-ring (bicyclic) bond motifs is 1. The number of hydrogen-bond donors (Lipinski definition) is 2. The second-order valence-corrected chi connectivity index (χ2v) is 12.6. The zero-order valence-corrected chi connectivity index (χ0v) is 25.3. The van der Waals surface area contributed by atoms with E-state index in [-0.39, 0.29) is 58.4 Å². The van der Waals surface area contributed by atoms with Crippen LogP contribution in [-0.4, -0.2) is 44.6 Å². The molecule has 0 fully saturated rings. The van der Waals surface area contributed by atoms with Gasteiger partial charge < -0.3 is 15.2 Å². The third-order valence-corrected chi connectivity index (χ3v) is 9.42. The maximum atomic E-state index is 14.3. The average molecular weight is 677 g/mol. The summed E-state index contributed by atoms with van der Waals surface area (Å²) in [5.41, 5.74) is 0.588. The molecular weight excluding hydrogens is 652 g/mol. The molecule has 1 atom stereocenters. The molecule has 0 saturated heterocycles. The lowest BCUT2D eigenvalue weighted by Gasteiger charge is -2.26. The van der Waals surface area contributed by atoms with Gasteiger partial charge in [-0.25, -0.2) is 12.8 Å². The van der Waals surface area contributed by atoms with E-state index in [1.807, 2.05) is 0 Å². The van der Waals surface area contributed by atoms with Gasteiger partial charge in [-0.1, -0.05) is 48.0 Å². The fraction of sp³-hybridized carbons (Fsp3) is 0.188. The second-order valence-electron chi connectivity index (χ2n) is 10.3. The number of carbonyl (C=O) groups excluding carboxylic acids is 1. The van der Waals surface area contributed by atoms with Crippen molar-refractivity contribution in [1.82, 2.24) is 5.32 Å². The van der Waals surface area contributed by atoms with Gasteiger partial charge in [0.25, 0.3) is 10.0 Å². The van der Waals surface area contributed by atoms with Crippen LogP contribution in [0.1, 0.15) is 16.7 Å². The zero-order chi connectivity index (χ0) is 33.2. The number of anilines is 1. The minimum Gasteiger partial charge on any atom is -0.489 e. The Bertz CT molecular complexity index is 1900. The van der Waals surface area contributed by atoms with Crippen molar-refractivity contribution in [3.05, 3.63) is 112 Å². The molecule has 1 aliphatic rings. The highest BCUT2D eigenvalue weighted by molar-refractivity contribution is 7.93. The first-order valence-electron chi connectivity index (χ1n) is 13.8. The molecule has 4 aromatic rings. The monoisotopic (exact) mass is 676 g/mol. The molecular formula is C32H25ClF4N2O6S. The summed E-state index contributed by atoms with van der Waals surface area (Å²) < 4.78 is 88.4. The van der Waals surface area contributed by atoms with Crippen LogP contribution in [0.5, 0.6) is 5.75 Å². The summed E-state index contributed by atoms with van der Waals surface area (Å²) >= 11 is 6.16. The van der Waals surface area contributed by atoms with E-state index in [0.717, 1.165) is 28.6 Å². The normalized spacial score (nSPS) is 14.5. The fourth-order valence-corrected chi connectivity index (χ4v) is 6.97. The standard InChI is InChI=1S/C32H25ClF4N2O6S/c33-25-11-8-22(32(35,36)37)18-24(25)20-6-9-23(10-7-20)46(43,44)39-27-4-2-1-3-21(27)17-28(39)31(42)38-13-14-45-29-12-5-19(15-26(29)34)16-30(40)41/h1-12,15,18,28H,13-14,16-17H2,(H,38,42)(H,40,41)/t28-/m0/s1. The Hall–Kier alpha value is -4.62. The summed E-state index contributed by atoms with van der Waals surface area (Å²) in [5, 5.41) is 11.5. The lowest BCUT2D eigenvalue weighted by molar-refractivity contribution is -0.138.